The molecule has 8 heteroatoms. The highest BCUT2D eigenvalue weighted by atomic mass is 127. The molecule has 4 aliphatic heterocycles. The van der Waals surface area contributed by atoms with Crippen LogP contribution < -0.4 is 0 Å². The van der Waals surface area contributed by atoms with Crippen LogP contribution in [0.4, 0.5) is 0 Å². The lowest BCUT2D eigenvalue weighted by atomic mass is 10.0. The molecule has 7 nitrogen and oxygen atoms in total. The molecule has 1 aromatic rings. The summed E-state index contributed by atoms with van der Waals surface area (Å²) in [5, 5.41) is 2.00. The third-order valence-electron chi connectivity index (χ3n) is 6.13. The Morgan fingerprint density at radius 2 is 1.70 bits per heavy atom. The van der Waals surface area contributed by atoms with Gasteiger partial charge in [-0.15, -0.1) is 5.06 Å². The number of hydrogen-bond acceptors (Lipinski definition) is 7. The van der Waals surface area contributed by atoms with Crippen molar-refractivity contribution in [1.82, 2.24) is 5.06 Å². The number of hydrogen-bond donors (Lipinski definition) is 0. The molecular weight excluding hydrogens is 501 g/mol. The first-order valence-corrected chi connectivity index (χ1v) is 12.2. The number of rotatable bonds is 4. The van der Waals surface area contributed by atoms with Crippen LogP contribution in [0.3, 0.4) is 0 Å². The van der Waals surface area contributed by atoms with Gasteiger partial charge in [-0.25, -0.2) is 0 Å². The molecule has 0 radical (unpaired) electrons. The molecule has 0 N–H and O–H groups in total. The molecule has 0 amide bonds. The van der Waals surface area contributed by atoms with Gasteiger partial charge in [-0.2, -0.15) is 0 Å². The minimum absolute atomic E-state index is 0.0971. The molecule has 0 bridgehead atoms. The fraction of sp³-hybridized carbons (Fsp3) is 0.727. The highest BCUT2D eigenvalue weighted by Gasteiger charge is 2.62. The van der Waals surface area contributed by atoms with Gasteiger partial charge in [0, 0.05) is 4.43 Å². The fourth-order valence-corrected chi connectivity index (χ4v) is 5.44. The molecule has 5 unspecified atom stereocenters. The zero-order valence-corrected chi connectivity index (χ0v) is 20.0. The Hall–Kier alpha value is -0.330. The molecule has 4 heterocycles. The van der Waals surface area contributed by atoms with Gasteiger partial charge in [0.1, 0.15) is 24.4 Å². The van der Waals surface area contributed by atoms with Crippen molar-refractivity contribution >= 4 is 22.6 Å². The van der Waals surface area contributed by atoms with Gasteiger partial charge in [0.2, 0.25) is 0 Å². The van der Waals surface area contributed by atoms with Crippen LogP contribution in [0.5, 0.6) is 0 Å². The van der Waals surface area contributed by atoms with E-state index in [0.717, 1.165) is 10.8 Å². The summed E-state index contributed by atoms with van der Waals surface area (Å²) in [5.41, 5.74) is 1.22. The zero-order valence-electron chi connectivity index (χ0n) is 17.8. The zero-order chi connectivity index (χ0) is 21.1. The quantitative estimate of drug-likeness (QED) is 0.435. The average molecular weight is 531 g/mol. The predicted molar refractivity (Wildman–Crippen MR) is 117 cm³/mol. The van der Waals surface area contributed by atoms with E-state index >= 15 is 0 Å². The van der Waals surface area contributed by atoms with E-state index < -0.39 is 11.6 Å². The SMILES string of the molecule is CC1(C)OCC(C2OC(N3O[C@H](CI)C[C@@H]3c3ccccc3)C3OC(C)(C)OC23)O1. The maximum Gasteiger partial charge on any atom is 0.164 e. The van der Waals surface area contributed by atoms with Crippen LogP contribution in [0, 0.1) is 0 Å². The van der Waals surface area contributed by atoms with Gasteiger partial charge in [-0.1, -0.05) is 52.9 Å². The van der Waals surface area contributed by atoms with Crippen molar-refractivity contribution in [1.29, 1.82) is 0 Å². The Morgan fingerprint density at radius 1 is 0.967 bits per heavy atom. The van der Waals surface area contributed by atoms with Crippen molar-refractivity contribution in [2.24, 2.45) is 0 Å². The lowest BCUT2D eigenvalue weighted by Crippen LogP contribution is -2.43. The topological polar surface area (TPSA) is 58.6 Å². The molecule has 0 saturated carbocycles. The summed E-state index contributed by atoms with van der Waals surface area (Å²) in [6.45, 7) is 8.21. The van der Waals surface area contributed by atoms with Crippen LogP contribution in [0.25, 0.3) is 0 Å². The summed E-state index contributed by atoms with van der Waals surface area (Å²) in [7, 11) is 0. The standard InChI is InChI=1S/C22H30INO6/c1-21(2)25-12-16(27-21)17-18-19(29-22(3,4)28-18)20(26-17)24-15(10-14(11-23)30-24)13-8-6-5-7-9-13/h5-9,14-20H,10-12H2,1-4H3/t14-,15+,16?,17?,18?,19?,20?/m0/s1. The highest BCUT2D eigenvalue weighted by Crippen LogP contribution is 2.47. The third-order valence-corrected chi connectivity index (χ3v) is 7.12. The van der Waals surface area contributed by atoms with E-state index in [1.807, 2.05) is 38.8 Å². The lowest BCUT2D eigenvalue weighted by Gasteiger charge is -2.33. The van der Waals surface area contributed by atoms with E-state index in [-0.39, 0.29) is 42.8 Å². The first-order valence-electron chi connectivity index (χ1n) is 10.7. The summed E-state index contributed by atoms with van der Waals surface area (Å²) in [6.07, 6.45) is -0.350. The Morgan fingerprint density at radius 3 is 2.37 bits per heavy atom. The molecule has 5 rings (SSSR count). The van der Waals surface area contributed by atoms with Gasteiger partial charge >= 0.3 is 0 Å². The van der Waals surface area contributed by atoms with Crippen molar-refractivity contribution in [3.63, 3.8) is 0 Å². The van der Waals surface area contributed by atoms with E-state index in [2.05, 4.69) is 46.9 Å². The van der Waals surface area contributed by atoms with Crippen LogP contribution in [0.15, 0.2) is 30.3 Å². The van der Waals surface area contributed by atoms with Gasteiger partial charge in [-0.05, 0) is 39.7 Å². The van der Waals surface area contributed by atoms with Gasteiger partial charge in [0.05, 0.1) is 18.8 Å². The molecular formula is C22H30INO6. The van der Waals surface area contributed by atoms with E-state index in [4.69, 9.17) is 28.5 Å². The number of hydroxylamine groups is 2. The van der Waals surface area contributed by atoms with Crippen molar-refractivity contribution in [3.8, 4) is 0 Å². The molecule has 1 aromatic carbocycles. The Kier molecular flexibility index (Phi) is 5.67. The fourth-order valence-electron chi connectivity index (χ4n) is 4.92. The normalized spacial score (nSPS) is 42.6. The number of ether oxygens (including phenoxy) is 5. The largest absolute Gasteiger partial charge is 0.349 e. The number of benzene rings is 1. The summed E-state index contributed by atoms with van der Waals surface area (Å²) >= 11 is 2.38. The second-order valence-electron chi connectivity index (χ2n) is 9.33. The molecule has 0 spiro atoms. The molecule has 4 fully saturated rings. The van der Waals surface area contributed by atoms with Crippen molar-refractivity contribution in [3.05, 3.63) is 35.9 Å². The third kappa shape index (κ3) is 3.94. The van der Waals surface area contributed by atoms with Gasteiger partial charge in [-0.3, -0.25) is 4.84 Å². The number of nitrogens with zero attached hydrogens (tertiary/aromatic N) is 1. The van der Waals surface area contributed by atoms with Crippen LogP contribution in [0.1, 0.15) is 45.7 Å². The van der Waals surface area contributed by atoms with Gasteiger partial charge in [0.15, 0.2) is 17.8 Å². The van der Waals surface area contributed by atoms with E-state index in [0.29, 0.717) is 6.61 Å². The number of alkyl halides is 1. The molecule has 0 aromatic heterocycles. The van der Waals surface area contributed by atoms with Crippen molar-refractivity contribution < 1.29 is 28.5 Å². The second-order valence-corrected chi connectivity index (χ2v) is 10.2. The average Bonchev–Trinajstić information content (AvgIpc) is 3.43. The summed E-state index contributed by atoms with van der Waals surface area (Å²) < 4.78 is 32.0. The van der Waals surface area contributed by atoms with E-state index in [9.17, 15) is 0 Å². The summed E-state index contributed by atoms with van der Waals surface area (Å²) in [5.74, 6) is -1.31. The summed E-state index contributed by atoms with van der Waals surface area (Å²) in [4.78, 5) is 6.38. The molecule has 30 heavy (non-hydrogen) atoms. The molecule has 4 aliphatic rings. The highest BCUT2D eigenvalue weighted by molar-refractivity contribution is 14.1. The Bertz CT molecular complexity index is 761. The van der Waals surface area contributed by atoms with Crippen LogP contribution in [-0.4, -0.2) is 64.4 Å². The van der Waals surface area contributed by atoms with Crippen molar-refractivity contribution in [2.45, 2.75) is 88.5 Å². The summed E-state index contributed by atoms with van der Waals surface area (Å²) in [6, 6.07) is 10.6. The smallest absolute Gasteiger partial charge is 0.164 e. The maximum absolute atomic E-state index is 6.57. The monoisotopic (exact) mass is 531 g/mol. The van der Waals surface area contributed by atoms with Gasteiger partial charge < -0.3 is 23.7 Å². The lowest BCUT2D eigenvalue weighted by molar-refractivity contribution is -0.290. The van der Waals surface area contributed by atoms with E-state index in [1.54, 1.807) is 0 Å². The molecule has 4 saturated heterocycles. The van der Waals surface area contributed by atoms with Crippen LogP contribution in [0.2, 0.25) is 0 Å². The van der Waals surface area contributed by atoms with Crippen molar-refractivity contribution in [2.75, 3.05) is 11.0 Å². The van der Waals surface area contributed by atoms with Crippen LogP contribution in [-0.2, 0) is 28.5 Å². The number of halogens is 1. The molecule has 0 aliphatic carbocycles. The second kappa shape index (κ2) is 7.91. The first-order chi connectivity index (χ1) is 14.3. The van der Waals surface area contributed by atoms with Gasteiger partial charge in [0.25, 0.3) is 0 Å². The van der Waals surface area contributed by atoms with Crippen LogP contribution >= 0.6 is 22.6 Å². The first kappa shape index (κ1) is 21.5. The Balaban J connectivity index is 1.44. The van der Waals surface area contributed by atoms with E-state index in [1.165, 1.54) is 5.56 Å². The molecule has 166 valence electrons. The minimum atomic E-state index is -0.685. The minimum Gasteiger partial charge on any atom is -0.349 e. The Labute approximate surface area is 191 Å². The maximum atomic E-state index is 6.57. The number of fused-ring (bicyclic) bond motifs is 1. The molecule has 7 atom stereocenters. The predicted octanol–water partition coefficient (Wildman–Crippen LogP) is 3.57.